The molecule has 0 aliphatic rings. The first-order chi connectivity index (χ1) is 10.9. The fourth-order valence-electron chi connectivity index (χ4n) is 2.08. The van der Waals surface area contributed by atoms with Gasteiger partial charge < -0.3 is 10.1 Å². The summed E-state index contributed by atoms with van der Waals surface area (Å²) < 4.78 is 31.5. The third kappa shape index (κ3) is 3.91. The van der Waals surface area contributed by atoms with Gasteiger partial charge in [0, 0.05) is 5.69 Å². The van der Waals surface area contributed by atoms with Crippen molar-refractivity contribution in [2.45, 2.75) is 13.8 Å². The molecular weight excluding hydrogens is 304 g/mol. The van der Waals surface area contributed by atoms with Crippen LogP contribution in [0.3, 0.4) is 0 Å². The molecule has 0 aliphatic heterocycles. The highest BCUT2D eigenvalue weighted by Gasteiger charge is 2.19. The molecule has 120 valence electrons. The van der Waals surface area contributed by atoms with Crippen LogP contribution < -0.4 is 5.32 Å². The van der Waals surface area contributed by atoms with Gasteiger partial charge in [-0.1, -0.05) is 24.3 Å². The monoisotopic (exact) mass is 319 g/mol. The predicted molar refractivity (Wildman–Crippen MR) is 81.2 cm³/mol. The molecule has 0 aliphatic carbocycles. The number of hydrogen-bond acceptors (Lipinski definition) is 3. The van der Waals surface area contributed by atoms with Gasteiger partial charge in [-0.15, -0.1) is 0 Å². The topological polar surface area (TPSA) is 55.4 Å². The van der Waals surface area contributed by atoms with Crippen molar-refractivity contribution in [3.05, 3.63) is 64.7 Å². The molecule has 0 saturated heterocycles. The molecule has 0 spiro atoms. The number of carbonyl (C=O) groups excluding carboxylic acids is 2. The molecule has 2 aromatic carbocycles. The van der Waals surface area contributed by atoms with Crippen LogP contribution in [0.4, 0.5) is 14.5 Å². The SMILES string of the molecule is Cc1cccc(C)c1NC(=O)COC(=O)c1c(F)cccc1F. The van der Waals surface area contributed by atoms with Crippen molar-refractivity contribution < 1.29 is 23.1 Å². The molecule has 0 heterocycles. The number of ether oxygens (including phenoxy) is 1. The van der Waals surface area contributed by atoms with E-state index < -0.39 is 35.7 Å². The molecule has 0 bridgehead atoms. The second-order valence-electron chi connectivity index (χ2n) is 4.99. The standard InChI is InChI=1S/C17H15F2NO3/c1-10-5-3-6-11(2)16(10)20-14(21)9-23-17(22)15-12(18)7-4-8-13(15)19/h3-8H,9H2,1-2H3,(H,20,21). The second kappa shape index (κ2) is 7.00. The zero-order valence-corrected chi connectivity index (χ0v) is 12.7. The summed E-state index contributed by atoms with van der Waals surface area (Å²) >= 11 is 0. The minimum atomic E-state index is -1.22. The van der Waals surface area contributed by atoms with E-state index >= 15 is 0 Å². The number of para-hydroxylation sites is 1. The summed E-state index contributed by atoms with van der Waals surface area (Å²) in [4.78, 5) is 23.5. The van der Waals surface area contributed by atoms with Crippen LogP contribution in [0.25, 0.3) is 0 Å². The second-order valence-corrected chi connectivity index (χ2v) is 4.99. The molecule has 2 rings (SSSR count). The molecule has 23 heavy (non-hydrogen) atoms. The van der Waals surface area contributed by atoms with Gasteiger partial charge in [0.05, 0.1) is 0 Å². The van der Waals surface area contributed by atoms with Crippen LogP contribution in [0.2, 0.25) is 0 Å². The molecule has 0 fully saturated rings. The largest absolute Gasteiger partial charge is 0.452 e. The quantitative estimate of drug-likeness (QED) is 0.879. The molecule has 0 saturated carbocycles. The van der Waals surface area contributed by atoms with Crippen LogP contribution in [0.1, 0.15) is 21.5 Å². The highest BCUT2D eigenvalue weighted by Crippen LogP contribution is 2.19. The third-order valence-corrected chi connectivity index (χ3v) is 3.25. The van der Waals surface area contributed by atoms with Gasteiger partial charge in [0.2, 0.25) is 0 Å². The minimum absolute atomic E-state index is 0.590. The lowest BCUT2D eigenvalue weighted by atomic mass is 10.1. The number of benzene rings is 2. The van der Waals surface area contributed by atoms with E-state index in [1.54, 1.807) is 0 Å². The number of halogens is 2. The molecule has 2 aromatic rings. The molecular formula is C17H15F2NO3. The summed E-state index contributed by atoms with van der Waals surface area (Å²) in [6.07, 6.45) is 0. The Morgan fingerprint density at radius 2 is 1.52 bits per heavy atom. The number of carbonyl (C=O) groups is 2. The average molecular weight is 319 g/mol. The zero-order valence-electron chi connectivity index (χ0n) is 12.7. The van der Waals surface area contributed by atoms with Gasteiger partial charge in [-0.25, -0.2) is 13.6 Å². The summed E-state index contributed by atoms with van der Waals surface area (Å²) in [5, 5.41) is 2.61. The maximum Gasteiger partial charge on any atom is 0.344 e. The number of hydrogen-bond donors (Lipinski definition) is 1. The smallest absolute Gasteiger partial charge is 0.344 e. The maximum absolute atomic E-state index is 13.4. The van der Waals surface area contributed by atoms with Crippen molar-refractivity contribution in [2.24, 2.45) is 0 Å². The van der Waals surface area contributed by atoms with Crippen molar-refractivity contribution in [3.63, 3.8) is 0 Å². The first-order valence-electron chi connectivity index (χ1n) is 6.87. The molecule has 0 aromatic heterocycles. The summed E-state index contributed by atoms with van der Waals surface area (Å²) in [6.45, 7) is 3.01. The van der Waals surface area contributed by atoms with Crippen LogP contribution in [0.15, 0.2) is 36.4 Å². The molecule has 0 unspecified atom stereocenters. The van der Waals surface area contributed by atoms with Crippen molar-refractivity contribution >= 4 is 17.6 Å². The normalized spacial score (nSPS) is 10.3. The summed E-state index contributed by atoms with van der Waals surface area (Å²) in [5.74, 6) is -3.89. The number of rotatable bonds is 4. The van der Waals surface area contributed by atoms with Crippen LogP contribution in [-0.4, -0.2) is 18.5 Å². The lowest BCUT2D eigenvalue weighted by molar-refractivity contribution is -0.119. The first kappa shape index (κ1) is 16.6. The van der Waals surface area contributed by atoms with E-state index in [1.165, 1.54) is 0 Å². The molecule has 6 heteroatoms. The number of esters is 1. The molecule has 0 radical (unpaired) electrons. The van der Waals surface area contributed by atoms with Gasteiger partial charge >= 0.3 is 5.97 Å². The Morgan fingerprint density at radius 3 is 2.09 bits per heavy atom. The number of aryl methyl sites for hydroxylation is 2. The van der Waals surface area contributed by atoms with Gasteiger partial charge in [-0.05, 0) is 37.1 Å². The molecule has 1 N–H and O–H groups in total. The van der Waals surface area contributed by atoms with E-state index in [-0.39, 0.29) is 0 Å². The number of amides is 1. The highest BCUT2D eigenvalue weighted by atomic mass is 19.1. The molecule has 4 nitrogen and oxygen atoms in total. The van der Waals surface area contributed by atoms with Crippen LogP contribution in [0, 0.1) is 25.5 Å². The van der Waals surface area contributed by atoms with Crippen molar-refractivity contribution in [1.82, 2.24) is 0 Å². The van der Waals surface area contributed by atoms with Gasteiger partial charge in [0.1, 0.15) is 17.2 Å². The van der Waals surface area contributed by atoms with Crippen LogP contribution in [0.5, 0.6) is 0 Å². The van der Waals surface area contributed by atoms with Crippen LogP contribution in [-0.2, 0) is 9.53 Å². The number of nitrogens with one attached hydrogen (secondary N) is 1. The van der Waals surface area contributed by atoms with Gasteiger partial charge in [-0.2, -0.15) is 0 Å². The van der Waals surface area contributed by atoms with Crippen molar-refractivity contribution in [1.29, 1.82) is 0 Å². The Hall–Kier alpha value is -2.76. The van der Waals surface area contributed by atoms with Crippen molar-refractivity contribution in [3.8, 4) is 0 Å². The average Bonchev–Trinajstić information content (AvgIpc) is 2.49. The van der Waals surface area contributed by atoms with E-state index in [0.29, 0.717) is 5.69 Å². The Balaban J connectivity index is 2.01. The van der Waals surface area contributed by atoms with E-state index in [2.05, 4.69) is 10.1 Å². The fourth-order valence-corrected chi connectivity index (χ4v) is 2.08. The predicted octanol–water partition coefficient (Wildman–Crippen LogP) is 3.38. The lowest BCUT2D eigenvalue weighted by Crippen LogP contribution is -2.22. The minimum Gasteiger partial charge on any atom is -0.452 e. The summed E-state index contributed by atoms with van der Waals surface area (Å²) in [6, 6.07) is 8.51. The van der Waals surface area contributed by atoms with E-state index in [0.717, 1.165) is 29.3 Å². The fraction of sp³-hybridized carbons (Fsp3) is 0.176. The summed E-state index contributed by atoms with van der Waals surface area (Å²) in [7, 11) is 0. The van der Waals surface area contributed by atoms with Crippen molar-refractivity contribution in [2.75, 3.05) is 11.9 Å². The van der Waals surface area contributed by atoms with Gasteiger partial charge in [-0.3, -0.25) is 4.79 Å². The maximum atomic E-state index is 13.4. The molecule has 1 amide bonds. The Bertz CT molecular complexity index is 719. The van der Waals surface area contributed by atoms with Crippen LogP contribution >= 0.6 is 0 Å². The van der Waals surface area contributed by atoms with E-state index in [1.807, 2.05) is 32.0 Å². The Kier molecular flexibility index (Phi) is 5.05. The highest BCUT2D eigenvalue weighted by molar-refractivity contribution is 5.96. The third-order valence-electron chi connectivity index (χ3n) is 3.25. The Labute approximate surface area is 132 Å². The molecule has 0 atom stereocenters. The Morgan fingerprint density at radius 1 is 1.00 bits per heavy atom. The lowest BCUT2D eigenvalue weighted by Gasteiger charge is -2.11. The van der Waals surface area contributed by atoms with Gasteiger partial charge in [0.15, 0.2) is 6.61 Å². The first-order valence-corrected chi connectivity index (χ1v) is 6.87. The van der Waals surface area contributed by atoms with E-state index in [4.69, 9.17) is 0 Å². The van der Waals surface area contributed by atoms with Gasteiger partial charge in [0.25, 0.3) is 5.91 Å². The zero-order chi connectivity index (χ0) is 17.0. The van der Waals surface area contributed by atoms with E-state index in [9.17, 15) is 18.4 Å². The summed E-state index contributed by atoms with van der Waals surface area (Å²) in [5.41, 5.74) is 1.51. The number of anilines is 1.